The summed E-state index contributed by atoms with van der Waals surface area (Å²) in [6.07, 6.45) is 2.03. The van der Waals surface area contributed by atoms with Crippen molar-refractivity contribution in [1.82, 2.24) is 14.6 Å². The Hall–Kier alpha value is -3.03. The lowest BCUT2D eigenvalue weighted by Gasteiger charge is -2.13. The molecule has 0 unspecified atom stereocenters. The number of anilines is 1. The molecule has 1 aromatic carbocycles. The molecular formula is C17H22N4O4. The van der Waals surface area contributed by atoms with Gasteiger partial charge in [-0.05, 0) is 30.7 Å². The van der Waals surface area contributed by atoms with E-state index < -0.39 is 17.2 Å². The predicted octanol–water partition coefficient (Wildman–Crippen LogP) is 1.02. The summed E-state index contributed by atoms with van der Waals surface area (Å²) in [6, 6.07) is 7.95. The fourth-order valence-corrected chi connectivity index (χ4v) is 2.08. The van der Waals surface area contributed by atoms with Crippen LogP contribution in [0.2, 0.25) is 0 Å². The monoisotopic (exact) mass is 346 g/mol. The van der Waals surface area contributed by atoms with Crippen LogP contribution in [-0.4, -0.2) is 21.6 Å². The van der Waals surface area contributed by atoms with Crippen LogP contribution in [-0.2, 0) is 14.1 Å². The molecule has 0 aliphatic carbocycles. The van der Waals surface area contributed by atoms with Gasteiger partial charge in [-0.3, -0.25) is 29.6 Å². The molecule has 8 heteroatoms. The summed E-state index contributed by atoms with van der Waals surface area (Å²) in [7, 11) is 2.88. The van der Waals surface area contributed by atoms with E-state index in [0.29, 0.717) is 17.9 Å². The summed E-state index contributed by atoms with van der Waals surface area (Å²) in [4.78, 5) is 35.6. The van der Waals surface area contributed by atoms with E-state index in [4.69, 9.17) is 4.74 Å². The van der Waals surface area contributed by atoms with Gasteiger partial charge in [0, 0.05) is 25.7 Å². The van der Waals surface area contributed by atoms with Gasteiger partial charge in [-0.1, -0.05) is 13.3 Å². The summed E-state index contributed by atoms with van der Waals surface area (Å²) in [5, 5.41) is 0. The van der Waals surface area contributed by atoms with E-state index in [-0.39, 0.29) is 5.82 Å². The molecule has 0 saturated heterocycles. The Morgan fingerprint density at radius 3 is 2.44 bits per heavy atom. The fraction of sp³-hybridized carbons (Fsp3) is 0.353. The molecule has 0 saturated carbocycles. The van der Waals surface area contributed by atoms with Crippen LogP contribution in [0.15, 0.2) is 39.9 Å². The van der Waals surface area contributed by atoms with Gasteiger partial charge in [-0.15, -0.1) is 0 Å². The Kier molecular flexibility index (Phi) is 5.99. The van der Waals surface area contributed by atoms with Crippen LogP contribution in [0.3, 0.4) is 0 Å². The largest absolute Gasteiger partial charge is 0.494 e. The van der Waals surface area contributed by atoms with Crippen LogP contribution in [0, 0.1) is 0 Å². The number of nitrogens with zero attached hydrogens (tertiary/aromatic N) is 2. The third-order valence-corrected chi connectivity index (χ3v) is 3.71. The Labute approximate surface area is 145 Å². The normalized spacial score (nSPS) is 10.4. The minimum Gasteiger partial charge on any atom is -0.494 e. The Morgan fingerprint density at radius 1 is 1.12 bits per heavy atom. The van der Waals surface area contributed by atoms with Gasteiger partial charge in [0.15, 0.2) is 0 Å². The molecular weight excluding hydrogens is 324 g/mol. The van der Waals surface area contributed by atoms with Gasteiger partial charge >= 0.3 is 5.69 Å². The molecule has 0 spiro atoms. The number of benzene rings is 1. The second-order valence-electron chi connectivity index (χ2n) is 5.57. The third kappa shape index (κ3) is 4.50. The molecule has 0 fully saturated rings. The van der Waals surface area contributed by atoms with Crippen molar-refractivity contribution in [3.05, 3.63) is 56.7 Å². The average molecular weight is 346 g/mol. The number of carbonyl (C=O) groups is 1. The van der Waals surface area contributed by atoms with Gasteiger partial charge in [0.2, 0.25) is 0 Å². The molecule has 0 aliphatic heterocycles. The van der Waals surface area contributed by atoms with Gasteiger partial charge in [-0.2, -0.15) is 0 Å². The van der Waals surface area contributed by atoms with Crippen molar-refractivity contribution in [1.29, 1.82) is 0 Å². The number of rotatable bonds is 7. The molecule has 2 aromatic rings. The zero-order valence-corrected chi connectivity index (χ0v) is 14.5. The van der Waals surface area contributed by atoms with Crippen molar-refractivity contribution in [2.45, 2.75) is 19.8 Å². The van der Waals surface area contributed by atoms with Crippen LogP contribution in [0.4, 0.5) is 5.82 Å². The van der Waals surface area contributed by atoms with Gasteiger partial charge in [0.05, 0.1) is 6.61 Å². The highest BCUT2D eigenvalue weighted by Gasteiger charge is 2.09. The highest BCUT2D eigenvalue weighted by Crippen LogP contribution is 2.12. The molecule has 0 aliphatic rings. The maximum Gasteiger partial charge on any atom is 0.332 e. The van der Waals surface area contributed by atoms with Crippen molar-refractivity contribution >= 4 is 11.7 Å². The number of hydrogen-bond donors (Lipinski definition) is 2. The lowest BCUT2D eigenvalue weighted by atomic mass is 10.2. The third-order valence-electron chi connectivity index (χ3n) is 3.71. The van der Waals surface area contributed by atoms with Crippen LogP contribution in [0.25, 0.3) is 0 Å². The standard InChI is InChI=1S/C17H22N4O4/c1-4-5-10-25-13-8-6-12(7-9-13)16(23)19-18-14-11-15(22)21(3)17(24)20(14)2/h6-9,11,18H,4-5,10H2,1-3H3,(H,19,23). The number of hydrogen-bond acceptors (Lipinski definition) is 5. The van der Waals surface area contributed by atoms with E-state index in [9.17, 15) is 14.4 Å². The molecule has 1 amide bonds. The van der Waals surface area contributed by atoms with Gasteiger partial charge in [-0.25, -0.2) is 4.79 Å². The molecule has 1 heterocycles. The first-order chi connectivity index (χ1) is 11.9. The summed E-state index contributed by atoms with van der Waals surface area (Å²) in [5.74, 6) is 0.501. The number of ether oxygens (including phenoxy) is 1. The van der Waals surface area contributed by atoms with Crippen LogP contribution in [0.1, 0.15) is 30.1 Å². The molecule has 134 valence electrons. The van der Waals surface area contributed by atoms with Gasteiger partial charge < -0.3 is 4.74 Å². The zero-order valence-electron chi connectivity index (χ0n) is 14.5. The summed E-state index contributed by atoms with van der Waals surface area (Å²) in [6.45, 7) is 2.72. The van der Waals surface area contributed by atoms with Gasteiger partial charge in [0.1, 0.15) is 11.6 Å². The number of carbonyl (C=O) groups excluding carboxylic acids is 1. The number of aromatic nitrogens is 2. The first kappa shape index (κ1) is 18.3. The molecule has 8 nitrogen and oxygen atoms in total. The quantitative estimate of drug-likeness (QED) is 0.577. The first-order valence-electron chi connectivity index (χ1n) is 8.00. The highest BCUT2D eigenvalue weighted by atomic mass is 16.5. The lowest BCUT2D eigenvalue weighted by molar-refractivity contribution is 0.0962. The van der Waals surface area contributed by atoms with E-state index >= 15 is 0 Å². The molecule has 25 heavy (non-hydrogen) atoms. The SMILES string of the molecule is CCCCOc1ccc(C(=O)NNc2cc(=O)n(C)c(=O)n2C)cc1. The minimum atomic E-state index is -0.488. The van der Waals surface area contributed by atoms with Crippen molar-refractivity contribution in [2.24, 2.45) is 14.1 Å². The Bertz CT molecular complexity index is 852. The minimum absolute atomic E-state index is 0.195. The van der Waals surface area contributed by atoms with Crippen LogP contribution < -0.4 is 26.8 Å². The summed E-state index contributed by atoms with van der Waals surface area (Å²) >= 11 is 0. The zero-order chi connectivity index (χ0) is 18.4. The smallest absolute Gasteiger partial charge is 0.332 e. The maximum atomic E-state index is 12.2. The van der Waals surface area contributed by atoms with E-state index in [1.54, 1.807) is 24.3 Å². The fourth-order valence-electron chi connectivity index (χ4n) is 2.08. The molecule has 0 radical (unpaired) electrons. The highest BCUT2D eigenvalue weighted by molar-refractivity contribution is 5.94. The van der Waals surface area contributed by atoms with E-state index in [1.165, 1.54) is 24.7 Å². The second-order valence-corrected chi connectivity index (χ2v) is 5.57. The number of hydrazine groups is 1. The summed E-state index contributed by atoms with van der Waals surface area (Å²) < 4.78 is 7.75. The molecule has 0 bridgehead atoms. The molecule has 2 N–H and O–H groups in total. The van der Waals surface area contributed by atoms with E-state index in [2.05, 4.69) is 17.8 Å². The maximum absolute atomic E-state index is 12.2. The van der Waals surface area contributed by atoms with E-state index in [0.717, 1.165) is 17.4 Å². The lowest BCUT2D eigenvalue weighted by Crippen LogP contribution is -2.40. The molecule has 1 aromatic heterocycles. The number of nitrogens with one attached hydrogen (secondary N) is 2. The second kappa shape index (κ2) is 8.18. The van der Waals surface area contributed by atoms with E-state index in [1.807, 2.05) is 0 Å². The molecule has 2 rings (SSSR count). The Balaban J connectivity index is 2.01. The van der Waals surface area contributed by atoms with Crippen molar-refractivity contribution < 1.29 is 9.53 Å². The van der Waals surface area contributed by atoms with Crippen molar-refractivity contribution in [2.75, 3.05) is 12.0 Å². The summed E-state index contributed by atoms with van der Waals surface area (Å²) in [5.41, 5.74) is 4.53. The molecule has 0 atom stereocenters. The first-order valence-corrected chi connectivity index (χ1v) is 8.00. The van der Waals surface area contributed by atoms with Crippen molar-refractivity contribution in [3.8, 4) is 5.75 Å². The number of unbranched alkanes of at least 4 members (excludes halogenated alkanes) is 1. The Morgan fingerprint density at radius 2 is 1.80 bits per heavy atom. The number of amides is 1. The predicted molar refractivity (Wildman–Crippen MR) is 94.9 cm³/mol. The topological polar surface area (TPSA) is 94.4 Å². The van der Waals surface area contributed by atoms with Crippen LogP contribution >= 0.6 is 0 Å². The van der Waals surface area contributed by atoms with Gasteiger partial charge in [0.25, 0.3) is 11.5 Å². The van der Waals surface area contributed by atoms with Crippen molar-refractivity contribution in [3.63, 3.8) is 0 Å². The average Bonchev–Trinajstić information content (AvgIpc) is 2.62. The van der Waals surface area contributed by atoms with Crippen LogP contribution in [0.5, 0.6) is 5.75 Å².